The van der Waals surface area contributed by atoms with E-state index in [0.717, 1.165) is 6.42 Å². The predicted octanol–water partition coefficient (Wildman–Crippen LogP) is 2.60. The van der Waals surface area contributed by atoms with E-state index in [9.17, 15) is 9.59 Å². The molecule has 96 valence electrons. The molecule has 0 aliphatic heterocycles. The molecule has 0 N–H and O–H groups in total. The highest BCUT2D eigenvalue weighted by atomic mass is 16.5. The third-order valence-electron chi connectivity index (χ3n) is 2.10. The number of esters is 2. The van der Waals surface area contributed by atoms with Crippen molar-refractivity contribution in [2.75, 3.05) is 13.2 Å². The van der Waals surface area contributed by atoms with Crippen molar-refractivity contribution in [1.82, 2.24) is 0 Å². The monoisotopic (exact) mass is 248 g/mol. The van der Waals surface area contributed by atoms with Crippen LogP contribution in [0.2, 0.25) is 0 Å². The molecule has 0 aliphatic carbocycles. The summed E-state index contributed by atoms with van der Waals surface area (Å²) in [6.45, 7) is 5.87. The minimum atomic E-state index is -0.486. The molecule has 1 rings (SSSR count). The van der Waals surface area contributed by atoms with Crippen molar-refractivity contribution in [3.05, 3.63) is 48.0 Å². The van der Waals surface area contributed by atoms with Crippen molar-refractivity contribution in [2.24, 2.45) is 0 Å². The van der Waals surface area contributed by atoms with Crippen LogP contribution in [0.5, 0.6) is 0 Å². The zero-order valence-electron chi connectivity index (χ0n) is 10.3. The van der Waals surface area contributed by atoms with Crippen LogP contribution in [0, 0.1) is 0 Å². The van der Waals surface area contributed by atoms with Gasteiger partial charge in [0.1, 0.15) is 6.61 Å². The molecule has 0 amide bonds. The summed E-state index contributed by atoms with van der Waals surface area (Å²) in [5.74, 6) is -0.921. The van der Waals surface area contributed by atoms with Gasteiger partial charge in [-0.05, 0) is 24.6 Å². The molecule has 0 saturated carbocycles. The van der Waals surface area contributed by atoms with Crippen LogP contribution in [0.15, 0.2) is 36.9 Å². The van der Waals surface area contributed by atoms with E-state index in [1.54, 1.807) is 18.2 Å². The van der Waals surface area contributed by atoms with Crippen LogP contribution >= 0.6 is 0 Å². The predicted molar refractivity (Wildman–Crippen MR) is 67.5 cm³/mol. The van der Waals surface area contributed by atoms with Crippen molar-refractivity contribution >= 4 is 11.9 Å². The first-order valence-electron chi connectivity index (χ1n) is 5.74. The van der Waals surface area contributed by atoms with Crippen molar-refractivity contribution in [1.29, 1.82) is 0 Å². The van der Waals surface area contributed by atoms with Crippen LogP contribution < -0.4 is 0 Å². The SMILES string of the molecule is C=CCOC(=O)c1cccc(C(=O)OCCC)c1. The highest BCUT2D eigenvalue weighted by Crippen LogP contribution is 2.08. The molecular formula is C14H16O4. The first-order valence-corrected chi connectivity index (χ1v) is 5.74. The second-order valence-corrected chi connectivity index (χ2v) is 3.60. The summed E-state index contributed by atoms with van der Waals surface area (Å²) in [6, 6.07) is 6.26. The summed E-state index contributed by atoms with van der Waals surface area (Å²) < 4.78 is 9.87. The molecule has 0 fully saturated rings. The summed E-state index contributed by atoms with van der Waals surface area (Å²) in [5, 5.41) is 0. The fourth-order valence-corrected chi connectivity index (χ4v) is 1.27. The topological polar surface area (TPSA) is 52.6 Å². The Balaban J connectivity index is 2.75. The maximum atomic E-state index is 11.6. The van der Waals surface area contributed by atoms with Crippen LogP contribution in [0.4, 0.5) is 0 Å². The first-order chi connectivity index (χ1) is 8.69. The van der Waals surface area contributed by atoms with Crippen molar-refractivity contribution < 1.29 is 19.1 Å². The van der Waals surface area contributed by atoms with Crippen LogP contribution in [0.1, 0.15) is 34.1 Å². The Labute approximate surface area is 106 Å². The van der Waals surface area contributed by atoms with Crippen LogP contribution in [0.25, 0.3) is 0 Å². The number of benzene rings is 1. The van der Waals surface area contributed by atoms with E-state index in [4.69, 9.17) is 9.47 Å². The average molecular weight is 248 g/mol. The zero-order chi connectivity index (χ0) is 13.4. The lowest BCUT2D eigenvalue weighted by Crippen LogP contribution is -2.09. The third-order valence-corrected chi connectivity index (χ3v) is 2.10. The number of carbonyl (C=O) groups excluding carboxylic acids is 2. The Morgan fingerprint density at radius 3 is 2.39 bits per heavy atom. The lowest BCUT2D eigenvalue weighted by Gasteiger charge is -2.05. The van der Waals surface area contributed by atoms with Gasteiger partial charge in [-0.3, -0.25) is 0 Å². The molecule has 0 spiro atoms. The fourth-order valence-electron chi connectivity index (χ4n) is 1.27. The minimum absolute atomic E-state index is 0.142. The Bertz CT molecular complexity index is 437. The summed E-state index contributed by atoms with van der Waals surface area (Å²) in [6.07, 6.45) is 2.24. The smallest absolute Gasteiger partial charge is 0.338 e. The van der Waals surface area contributed by atoms with Gasteiger partial charge in [0.2, 0.25) is 0 Å². The van der Waals surface area contributed by atoms with Gasteiger partial charge >= 0.3 is 11.9 Å². The maximum absolute atomic E-state index is 11.6. The van der Waals surface area contributed by atoms with Crippen molar-refractivity contribution in [2.45, 2.75) is 13.3 Å². The van der Waals surface area contributed by atoms with Gasteiger partial charge in [-0.2, -0.15) is 0 Å². The Kier molecular flexibility index (Phi) is 5.64. The number of hydrogen-bond acceptors (Lipinski definition) is 4. The van der Waals surface area contributed by atoms with Gasteiger partial charge < -0.3 is 9.47 Å². The molecule has 0 unspecified atom stereocenters. The molecule has 0 heterocycles. The van der Waals surface area contributed by atoms with Gasteiger partial charge in [0.05, 0.1) is 17.7 Å². The first kappa shape index (κ1) is 14.0. The van der Waals surface area contributed by atoms with Gasteiger partial charge in [0.15, 0.2) is 0 Å². The summed E-state index contributed by atoms with van der Waals surface area (Å²) in [7, 11) is 0. The van der Waals surface area contributed by atoms with Crippen LogP contribution in [-0.2, 0) is 9.47 Å². The van der Waals surface area contributed by atoms with E-state index in [0.29, 0.717) is 17.7 Å². The Morgan fingerprint density at radius 2 is 1.83 bits per heavy atom. The normalized spacial score (nSPS) is 9.61. The molecule has 4 heteroatoms. The fraction of sp³-hybridized carbons (Fsp3) is 0.286. The number of ether oxygens (including phenoxy) is 2. The maximum Gasteiger partial charge on any atom is 0.338 e. The molecule has 0 aromatic heterocycles. The molecule has 0 bridgehead atoms. The number of rotatable bonds is 6. The highest BCUT2D eigenvalue weighted by molar-refractivity contribution is 5.95. The highest BCUT2D eigenvalue weighted by Gasteiger charge is 2.11. The molecule has 0 atom stereocenters. The van der Waals surface area contributed by atoms with Crippen molar-refractivity contribution in [3.8, 4) is 0 Å². The molecule has 0 aliphatic rings. The van der Waals surface area contributed by atoms with E-state index >= 15 is 0 Å². The van der Waals surface area contributed by atoms with Gasteiger partial charge in [-0.1, -0.05) is 25.6 Å². The van der Waals surface area contributed by atoms with E-state index in [1.165, 1.54) is 12.1 Å². The largest absolute Gasteiger partial charge is 0.462 e. The second-order valence-electron chi connectivity index (χ2n) is 3.60. The van der Waals surface area contributed by atoms with Crippen LogP contribution in [0.3, 0.4) is 0 Å². The van der Waals surface area contributed by atoms with E-state index < -0.39 is 11.9 Å². The zero-order valence-corrected chi connectivity index (χ0v) is 10.3. The number of hydrogen-bond donors (Lipinski definition) is 0. The molecule has 0 radical (unpaired) electrons. The quantitative estimate of drug-likeness (QED) is 0.573. The minimum Gasteiger partial charge on any atom is -0.462 e. The van der Waals surface area contributed by atoms with Gasteiger partial charge in [0, 0.05) is 0 Å². The summed E-state index contributed by atoms with van der Waals surface area (Å²) in [4.78, 5) is 23.2. The molecule has 18 heavy (non-hydrogen) atoms. The Morgan fingerprint density at radius 1 is 1.22 bits per heavy atom. The van der Waals surface area contributed by atoms with Gasteiger partial charge in [-0.15, -0.1) is 0 Å². The number of carbonyl (C=O) groups is 2. The molecular weight excluding hydrogens is 232 g/mol. The summed E-state index contributed by atoms with van der Waals surface area (Å²) in [5.41, 5.74) is 0.666. The second kappa shape index (κ2) is 7.27. The summed E-state index contributed by atoms with van der Waals surface area (Å²) >= 11 is 0. The lowest BCUT2D eigenvalue weighted by molar-refractivity contribution is 0.0505. The van der Waals surface area contributed by atoms with Crippen molar-refractivity contribution in [3.63, 3.8) is 0 Å². The van der Waals surface area contributed by atoms with Gasteiger partial charge in [0.25, 0.3) is 0 Å². The molecule has 1 aromatic rings. The van der Waals surface area contributed by atoms with E-state index in [1.807, 2.05) is 6.92 Å². The molecule has 4 nitrogen and oxygen atoms in total. The van der Waals surface area contributed by atoms with E-state index in [2.05, 4.69) is 6.58 Å². The van der Waals surface area contributed by atoms with Crippen LogP contribution in [-0.4, -0.2) is 25.2 Å². The standard InChI is InChI=1S/C14H16O4/c1-3-8-17-13(15)11-6-5-7-12(10-11)14(16)18-9-4-2/h3,5-7,10H,1,4,8-9H2,2H3. The molecule has 0 saturated heterocycles. The Hall–Kier alpha value is -2.10. The lowest BCUT2D eigenvalue weighted by atomic mass is 10.1. The molecule has 1 aromatic carbocycles. The third kappa shape index (κ3) is 4.05. The van der Waals surface area contributed by atoms with E-state index in [-0.39, 0.29) is 6.61 Å². The average Bonchev–Trinajstić information content (AvgIpc) is 2.42. The van der Waals surface area contributed by atoms with Gasteiger partial charge in [-0.25, -0.2) is 9.59 Å².